The topological polar surface area (TPSA) is 80.6 Å². The molecule has 0 amide bonds. The predicted molar refractivity (Wildman–Crippen MR) is 143 cm³/mol. The summed E-state index contributed by atoms with van der Waals surface area (Å²) in [6.07, 6.45) is 0. The lowest BCUT2D eigenvalue weighted by molar-refractivity contribution is -0.157. The number of carbonyl (C=O) groups excluding carboxylic acids is 1. The highest BCUT2D eigenvalue weighted by atomic mass is 28.4. The number of rotatable bonds is 10. The Hall–Kier alpha value is -2.66. The van der Waals surface area contributed by atoms with E-state index in [9.17, 15) is 10.1 Å². The molecule has 0 aromatic heterocycles. The van der Waals surface area contributed by atoms with Crippen LogP contribution in [0.4, 0.5) is 0 Å². The Kier molecular flexibility index (Phi) is 9.67. The van der Waals surface area contributed by atoms with Gasteiger partial charge in [0.2, 0.25) is 0 Å². The highest BCUT2D eigenvalue weighted by Gasteiger charge is 2.36. The van der Waals surface area contributed by atoms with Gasteiger partial charge >= 0.3 is 5.97 Å². The van der Waals surface area contributed by atoms with Gasteiger partial charge in [-0.2, -0.15) is 5.26 Å². The molecule has 0 bridgehead atoms. The maximum Gasteiger partial charge on any atom is 0.344 e. The zero-order valence-corrected chi connectivity index (χ0v) is 23.5. The lowest BCUT2D eigenvalue weighted by atomic mass is 10.00. The molecule has 6 nitrogen and oxygen atoms in total. The smallest absolute Gasteiger partial charge is 0.344 e. The van der Waals surface area contributed by atoms with Gasteiger partial charge in [-0.3, -0.25) is 0 Å². The minimum absolute atomic E-state index is 0.189. The van der Waals surface area contributed by atoms with Crippen LogP contribution in [0.25, 0.3) is 11.1 Å². The molecular formula is C28H40N2O4Si. The first kappa shape index (κ1) is 28.6. The third kappa shape index (κ3) is 9.13. The molecule has 0 fully saturated rings. The number of benzene rings is 2. The molecule has 0 aliphatic rings. The molecule has 2 rings (SSSR count). The number of ether oxygens (including phenoxy) is 2. The van der Waals surface area contributed by atoms with E-state index in [0.29, 0.717) is 24.5 Å². The molecule has 0 unspecified atom stereocenters. The van der Waals surface area contributed by atoms with Crippen LogP contribution < -0.4 is 10.1 Å². The molecule has 190 valence electrons. The number of nitrogens with zero attached hydrogens (tertiary/aromatic N) is 1. The van der Waals surface area contributed by atoms with E-state index < -0.39 is 19.9 Å². The molecule has 0 heterocycles. The SMILES string of the molecule is CC(C)(C)OC(=O)COc1ccc(CNCCO[Si](C)(C)C(C)(C)C)cc1-c1cccc(C#N)c1. The van der Waals surface area contributed by atoms with Crippen LogP contribution in [0.2, 0.25) is 18.1 Å². The Balaban J connectivity index is 2.12. The second-order valence-corrected chi connectivity index (χ2v) is 16.0. The lowest BCUT2D eigenvalue weighted by Gasteiger charge is -2.36. The van der Waals surface area contributed by atoms with Gasteiger partial charge in [0.1, 0.15) is 11.4 Å². The van der Waals surface area contributed by atoms with E-state index in [-0.39, 0.29) is 11.6 Å². The van der Waals surface area contributed by atoms with Crippen molar-refractivity contribution in [2.75, 3.05) is 19.8 Å². The Bertz CT molecular complexity index is 1050. The molecule has 0 atom stereocenters. The highest BCUT2D eigenvalue weighted by molar-refractivity contribution is 6.74. The Labute approximate surface area is 211 Å². The van der Waals surface area contributed by atoms with Crippen LogP contribution in [-0.2, 0) is 20.5 Å². The number of esters is 1. The first-order valence-corrected chi connectivity index (χ1v) is 15.0. The number of carbonyl (C=O) groups is 1. The average molecular weight is 497 g/mol. The van der Waals surface area contributed by atoms with E-state index in [4.69, 9.17) is 13.9 Å². The molecule has 0 saturated carbocycles. The van der Waals surface area contributed by atoms with Crippen LogP contribution in [0.3, 0.4) is 0 Å². The van der Waals surface area contributed by atoms with Gasteiger partial charge in [-0.25, -0.2) is 4.79 Å². The van der Waals surface area contributed by atoms with Crippen molar-refractivity contribution in [3.05, 3.63) is 53.6 Å². The summed E-state index contributed by atoms with van der Waals surface area (Å²) in [6.45, 7) is 18.6. The van der Waals surface area contributed by atoms with Gasteiger partial charge in [0.15, 0.2) is 14.9 Å². The average Bonchev–Trinajstić information content (AvgIpc) is 2.76. The fraction of sp³-hybridized carbons (Fsp3) is 0.500. The van der Waals surface area contributed by atoms with Crippen molar-refractivity contribution in [1.82, 2.24) is 5.32 Å². The van der Waals surface area contributed by atoms with Crippen molar-refractivity contribution in [2.24, 2.45) is 0 Å². The van der Waals surface area contributed by atoms with E-state index in [1.54, 1.807) is 6.07 Å². The molecule has 7 heteroatoms. The monoisotopic (exact) mass is 496 g/mol. The van der Waals surface area contributed by atoms with Gasteiger partial charge in [-0.05, 0) is 74.3 Å². The van der Waals surface area contributed by atoms with Gasteiger partial charge in [-0.15, -0.1) is 0 Å². The van der Waals surface area contributed by atoms with Crippen molar-refractivity contribution in [3.8, 4) is 22.9 Å². The van der Waals surface area contributed by atoms with Gasteiger partial charge in [0.05, 0.1) is 11.6 Å². The van der Waals surface area contributed by atoms with Crippen LogP contribution >= 0.6 is 0 Å². The van der Waals surface area contributed by atoms with Crippen LogP contribution in [0.1, 0.15) is 52.7 Å². The Morgan fingerprint density at radius 3 is 2.40 bits per heavy atom. The molecule has 2 aromatic carbocycles. The van der Waals surface area contributed by atoms with E-state index in [1.165, 1.54) is 0 Å². The summed E-state index contributed by atoms with van der Waals surface area (Å²) >= 11 is 0. The molecule has 0 spiro atoms. The van der Waals surface area contributed by atoms with Crippen molar-refractivity contribution >= 4 is 14.3 Å². The molecule has 0 radical (unpaired) electrons. The van der Waals surface area contributed by atoms with E-state index in [2.05, 4.69) is 45.3 Å². The summed E-state index contributed by atoms with van der Waals surface area (Å²) in [6, 6.07) is 15.4. The first-order valence-electron chi connectivity index (χ1n) is 12.0. The quantitative estimate of drug-likeness (QED) is 0.245. The molecule has 0 saturated heterocycles. The largest absolute Gasteiger partial charge is 0.481 e. The van der Waals surface area contributed by atoms with Gasteiger partial charge in [-0.1, -0.05) is 39.0 Å². The maximum absolute atomic E-state index is 12.2. The van der Waals surface area contributed by atoms with E-state index in [0.717, 1.165) is 23.2 Å². The molecule has 0 aliphatic heterocycles. The van der Waals surface area contributed by atoms with Crippen LogP contribution in [0, 0.1) is 11.3 Å². The van der Waals surface area contributed by atoms with Gasteiger partial charge in [0, 0.05) is 25.3 Å². The summed E-state index contributed by atoms with van der Waals surface area (Å²) in [5, 5.41) is 13.0. The summed E-state index contributed by atoms with van der Waals surface area (Å²) in [5.41, 5.74) is 2.73. The van der Waals surface area contributed by atoms with Crippen molar-refractivity contribution in [3.63, 3.8) is 0 Å². The second kappa shape index (κ2) is 11.8. The van der Waals surface area contributed by atoms with Crippen LogP contribution in [0.5, 0.6) is 5.75 Å². The number of nitrogens with one attached hydrogen (secondary N) is 1. The van der Waals surface area contributed by atoms with Gasteiger partial charge in [0.25, 0.3) is 0 Å². The maximum atomic E-state index is 12.2. The highest BCUT2D eigenvalue weighted by Crippen LogP contribution is 2.36. The van der Waals surface area contributed by atoms with Crippen LogP contribution in [0.15, 0.2) is 42.5 Å². The summed E-state index contributed by atoms with van der Waals surface area (Å²) in [4.78, 5) is 12.2. The first-order chi connectivity index (χ1) is 16.2. The third-order valence-electron chi connectivity index (χ3n) is 5.99. The minimum atomic E-state index is -1.76. The summed E-state index contributed by atoms with van der Waals surface area (Å²) < 4.78 is 17.4. The minimum Gasteiger partial charge on any atom is -0.481 e. The van der Waals surface area contributed by atoms with E-state index in [1.807, 2.05) is 57.2 Å². The fourth-order valence-electron chi connectivity index (χ4n) is 3.13. The standard InChI is InChI=1S/C28H40N2O4Si/c1-27(2,3)34-26(31)20-32-25-13-12-22(17-24(25)23-11-9-10-21(16-23)18-29)19-30-14-15-33-35(7,8)28(4,5)6/h9-13,16-17,30H,14-15,19-20H2,1-8H3. The van der Waals surface area contributed by atoms with E-state index >= 15 is 0 Å². The molecule has 0 aliphatic carbocycles. The summed E-state index contributed by atoms with van der Waals surface area (Å²) in [5.74, 6) is 0.137. The van der Waals surface area contributed by atoms with Crippen molar-refractivity contribution < 1.29 is 18.7 Å². The summed E-state index contributed by atoms with van der Waals surface area (Å²) in [7, 11) is -1.76. The van der Waals surface area contributed by atoms with Crippen molar-refractivity contribution in [2.45, 2.75) is 71.8 Å². The second-order valence-electron chi connectivity index (χ2n) is 11.2. The number of hydrogen-bond acceptors (Lipinski definition) is 6. The zero-order chi connectivity index (χ0) is 26.3. The third-order valence-corrected chi connectivity index (χ3v) is 10.5. The Morgan fingerprint density at radius 2 is 1.77 bits per heavy atom. The Morgan fingerprint density at radius 1 is 1.06 bits per heavy atom. The normalized spacial score (nSPS) is 12.2. The molecule has 35 heavy (non-hydrogen) atoms. The predicted octanol–water partition coefficient (Wildman–Crippen LogP) is 6.06. The molecule has 2 aromatic rings. The van der Waals surface area contributed by atoms with Gasteiger partial charge < -0.3 is 19.2 Å². The van der Waals surface area contributed by atoms with Crippen LogP contribution in [-0.4, -0.2) is 39.6 Å². The molecule has 1 N–H and O–H groups in total. The number of nitriles is 1. The zero-order valence-electron chi connectivity index (χ0n) is 22.5. The lowest BCUT2D eigenvalue weighted by Crippen LogP contribution is -2.42. The van der Waals surface area contributed by atoms with Crippen molar-refractivity contribution in [1.29, 1.82) is 5.26 Å². The number of hydrogen-bond donors (Lipinski definition) is 1. The fourth-order valence-corrected chi connectivity index (χ4v) is 4.18. The molecular weight excluding hydrogens is 456 g/mol.